The van der Waals surface area contributed by atoms with Crippen LogP contribution < -0.4 is 19.6 Å². The molecule has 0 unspecified atom stereocenters. The molecular formula is C27H23ClN2O5S. The molecule has 9 heteroatoms. The largest absolute Gasteiger partial charge is 0.493 e. The van der Waals surface area contributed by atoms with Crippen LogP contribution in [0.5, 0.6) is 17.2 Å². The second-order valence-corrected chi connectivity index (χ2v) is 9.30. The monoisotopic (exact) mass is 522 g/mol. The molecule has 0 atom stereocenters. The van der Waals surface area contributed by atoms with Gasteiger partial charge >= 0.3 is 5.97 Å². The Hall–Kier alpha value is -3.88. The molecule has 0 saturated heterocycles. The van der Waals surface area contributed by atoms with E-state index in [2.05, 4.69) is 10.5 Å². The Labute approximate surface area is 217 Å². The summed E-state index contributed by atoms with van der Waals surface area (Å²) in [5.74, 6) is 0.205. The average Bonchev–Trinajstić information content (AvgIpc) is 3.22. The first-order valence-corrected chi connectivity index (χ1v) is 12.1. The van der Waals surface area contributed by atoms with Crippen molar-refractivity contribution in [3.05, 3.63) is 87.3 Å². The number of nitrogens with one attached hydrogen (secondary N) is 1. The van der Waals surface area contributed by atoms with Gasteiger partial charge in [-0.25, -0.2) is 10.2 Å². The number of esters is 1. The van der Waals surface area contributed by atoms with Crippen molar-refractivity contribution < 1.29 is 23.8 Å². The summed E-state index contributed by atoms with van der Waals surface area (Å²) < 4.78 is 17.3. The number of hydrogen-bond acceptors (Lipinski definition) is 7. The van der Waals surface area contributed by atoms with Crippen molar-refractivity contribution in [2.75, 3.05) is 13.7 Å². The number of carbonyl (C=O) groups excluding carboxylic acids is 2. The molecule has 4 aromatic rings. The standard InChI is InChI=1S/C27H23ClN2O5S/c1-16-8-10-19(12-17(16)2)34-15-24(31)30-29-14-18-9-11-21(22(13-18)33-3)35-27(32)26-25(28)20-6-4-5-7-23(20)36-26/h4-14H,15H2,1-3H3,(H,30,31). The van der Waals surface area contributed by atoms with Gasteiger partial charge in [0.1, 0.15) is 10.6 Å². The van der Waals surface area contributed by atoms with Crippen LogP contribution in [0.15, 0.2) is 65.8 Å². The minimum Gasteiger partial charge on any atom is -0.493 e. The summed E-state index contributed by atoms with van der Waals surface area (Å²) in [6, 6.07) is 18.0. The van der Waals surface area contributed by atoms with E-state index in [9.17, 15) is 9.59 Å². The molecule has 0 saturated carbocycles. The maximum Gasteiger partial charge on any atom is 0.355 e. The predicted octanol–water partition coefficient (Wildman–Crippen LogP) is 5.93. The first kappa shape index (κ1) is 25.2. The highest BCUT2D eigenvalue weighted by Crippen LogP contribution is 2.37. The number of hydrogen-bond donors (Lipinski definition) is 1. The fourth-order valence-electron chi connectivity index (χ4n) is 3.30. The molecule has 0 bridgehead atoms. The summed E-state index contributed by atoms with van der Waals surface area (Å²) >= 11 is 7.65. The lowest BCUT2D eigenvalue weighted by molar-refractivity contribution is -0.123. The van der Waals surface area contributed by atoms with Crippen LogP contribution >= 0.6 is 22.9 Å². The Morgan fingerprint density at radius 3 is 2.58 bits per heavy atom. The summed E-state index contributed by atoms with van der Waals surface area (Å²) in [5.41, 5.74) is 5.28. The van der Waals surface area contributed by atoms with E-state index in [0.717, 1.165) is 21.2 Å². The lowest BCUT2D eigenvalue weighted by Gasteiger charge is -2.09. The third-order valence-corrected chi connectivity index (χ3v) is 7.02. The third kappa shape index (κ3) is 5.84. The molecule has 3 aromatic carbocycles. The van der Waals surface area contributed by atoms with Crippen LogP contribution in [-0.4, -0.2) is 31.8 Å². The third-order valence-electron chi connectivity index (χ3n) is 5.36. The van der Waals surface area contributed by atoms with Crippen molar-refractivity contribution in [2.45, 2.75) is 13.8 Å². The molecule has 1 aromatic heterocycles. The van der Waals surface area contributed by atoms with Crippen LogP contribution in [-0.2, 0) is 4.79 Å². The van der Waals surface area contributed by atoms with Gasteiger partial charge in [0.15, 0.2) is 18.1 Å². The average molecular weight is 523 g/mol. The highest BCUT2D eigenvalue weighted by atomic mass is 35.5. The fourth-order valence-corrected chi connectivity index (χ4v) is 4.69. The van der Waals surface area contributed by atoms with Gasteiger partial charge in [-0.2, -0.15) is 5.10 Å². The number of benzene rings is 3. The van der Waals surface area contributed by atoms with Gasteiger partial charge < -0.3 is 14.2 Å². The minimum absolute atomic E-state index is 0.168. The van der Waals surface area contributed by atoms with Gasteiger partial charge in [-0.05, 0) is 66.9 Å². The van der Waals surface area contributed by atoms with Gasteiger partial charge in [-0.3, -0.25) is 4.79 Å². The van der Waals surface area contributed by atoms with Gasteiger partial charge in [-0.1, -0.05) is 35.9 Å². The lowest BCUT2D eigenvalue weighted by atomic mass is 10.1. The van der Waals surface area contributed by atoms with Crippen LogP contribution in [0.25, 0.3) is 10.1 Å². The summed E-state index contributed by atoms with van der Waals surface area (Å²) in [7, 11) is 1.46. The molecule has 0 fully saturated rings. The van der Waals surface area contributed by atoms with Gasteiger partial charge in [0.25, 0.3) is 5.91 Å². The van der Waals surface area contributed by atoms with E-state index in [0.29, 0.717) is 27.0 Å². The number of fused-ring (bicyclic) bond motifs is 1. The van der Waals surface area contributed by atoms with Crippen LogP contribution in [0.3, 0.4) is 0 Å². The van der Waals surface area contributed by atoms with Gasteiger partial charge in [0, 0.05) is 10.1 Å². The maximum atomic E-state index is 12.8. The summed E-state index contributed by atoms with van der Waals surface area (Å²) in [6.45, 7) is 3.82. The van der Waals surface area contributed by atoms with E-state index in [1.807, 2.05) is 56.3 Å². The van der Waals surface area contributed by atoms with Crippen molar-refractivity contribution in [3.8, 4) is 17.2 Å². The number of methoxy groups -OCH3 is 1. The fraction of sp³-hybridized carbons (Fsp3) is 0.148. The predicted molar refractivity (Wildman–Crippen MR) is 142 cm³/mol. The van der Waals surface area contributed by atoms with Crippen molar-refractivity contribution in [1.29, 1.82) is 0 Å². The normalized spacial score (nSPS) is 11.0. The van der Waals surface area contributed by atoms with E-state index in [1.165, 1.54) is 24.7 Å². The molecule has 0 spiro atoms. The van der Waals surface area contributed by atoms with E-state index in [1.54, 1.807) is 18.2 Å². The van der Waals surface area contributed by atoms with Crippen molar-refractivity contribution in [3.63, 3.8) is 0 Å². The molecule has 0 aliphatic carbocycles. The number of aryl methyl sites for hydroxylation is 2. The van der Waals surface area contributed by atoms with Crippen molar-refractivity contribution in [2.24, 2.45) is 5.10 Å². The van der Waals surface area contributed by atoms with Gasteiger partial charge in [0.05, 0.1) is 18.3 Å². The van der Waals surface area contributed by atoms with Crippen LogP contribution in [0.1, 0.15) is 26.4 Å². The first-order chi connectivity index (χ1) is 17.4. The molecule has 184 valence electrons. The molecule has 0 aliphatic rings. The topological polar surface area (TPSA) is 86.2 Å². The number of halogens is 1. The molecule has 0 aliphatic heterocycles. The Kier molecular flexibility index (Phi) is 7.87. The highest BCUT2D eigenvalue weighted by Gasteiger charge is 2.20. The molecule has 0 radical (unpaired) electrons. The van der Waals surface area contributed by atoms with Crippen LogP contribution in [0.2, 0.25) is 5.02 Å². The molecule has 4 rings (SSSR count). The number of nitrogens with zero attached hydrogens (tertiary/aromatic N) is 1. The number of rotatable bonds is 8. The van der Waals surface area contributed by atoms with Crippen LogP contribution in [0.4, 0.5) is 0 Å². The van der Waals surface area contributed by atoms with Gasteiger partial charge in [-0.15, -0.1) is 11.3 Å². The zero-order valence-corrected chi connectivity index (χ0v) is 21.4. The lowest BCUT2D eigenvalue weighted by Crippen LogP contribution is -2.24. The Morgan fingerprint density at radius 2 is 1.83 bits per heavy atom. The smallest absolute Gasteiger partial charge is 0.355 e. The zero-order valence-electron chi connectivity index (χ0n) is 19.8. The Morgan fingerprint density at radius 1 is 1.03 bits per heavy atom. The minimum atomic E-state index is -0.572. The molecule has 7 nitrogen and oxygen atoms in total. The van der Waals surface area contributed by atoms with Crippen molar-refractivity contribution in [1.82, 2.24) is 5.43 Å². The quantitative estimate of drug-likeness (QED) is 0.134. The highest BCUT2D eigenvalue weighted by molar-refractivity contribution is 7.21. The number of thiophene rings is 1. The first-order valence-electron chi connectivity index (χ1n) is 10.9. The Bertz CT molecular complexity index is 1460. The maximum absolute atomic E-state index is 12.8. The number of amides is 1. The molecule has 1 heterocycles. The Balaban J connectivity index is 1.36. The number of ether oxygens (including phenoxy) is 3. The van der Waals surface area contributed by atoms with Gasteiger partial charge in [0.2, 0.25) is 0 Å². The van der Waals surface area contributed by atoms with E-state index in [4.69, 9.17) is 25.8 Å². The van der Waals surface area contributed by atoms with Crippen LogP contribution in [0, 0.1) is 13.8 Å². The molecule has 1 amide bonds. The summed E-state index contributed by atoms with van der Waals surface area (Å²) in [5, 5.41) is 5.11. The summed E-state index contributed by atoms with van der Waals surface area (Å²) in [6.07, 6.45) is 1.45. The number of carbonyl (C=O) groups is 2. The number of hydrazone groups is 1. The van der Waals surface area contributed by atoms with Crippen molar-refractivity contribution >= 4 is 51.1 Å². The second kappa shape index (κ2) is 11.2. The SMILES string of the molecule is COc1cc(C=NNC(=O)COc2ccc(C)c(C)c2)ccc1OC(=O)c1sc2ccccc2c1Cl. The molecular weight excluding hydrogens is 500 g/mol. The van der Waals surface area contributed by atoms with E-state index in [-0.39, 0.29) is 12.4 Å². The summed E-state index contributed by atoms with van der Waals surface area (Å²) in [4.78, 5) is 25.1. The zero-order chi connectivity index (χ0) is 25.7. The molecule has 36 heavy (non-hydrogen) atoms. The van der Waals surface area contributed by atoms with E-state index >= 15 is 0 Å². The molecule has 1 N–H and O–H groups in total. The van der Waals surface area contributed by atoms with E-state index < -0.39 is 11.9 Å². The second-order valence-electron chi connectivity index (χ2n) is 7.87.